The van der Waals surface area contributed by atoms with Gasteiger partial charge in [-0.2, -0.15) is 0 Å². The van der Waals surface area contributed by atoms with Crippen molar-refractivity contribution in [2.45, 2.75) is 6.54 Å². The molecule has 0 atom stereocenters. The van der Waals surface area contributed by atoms with Crippen LogP contribution in [0.2, 0.25) is 0 Å². The van der Waals surface area contributed by atoms with Gasteiger partial charge in [-0.25, -0.2) is 0 Å². The van der Waals surface area contributed by atoms with Gasteiger partial charge < -0.3 is 10.1 Å². The van der Waals surface area contributed by atoms with Crippen LogP contribution in [0.25, 0.3) is 5.32 Å². The van der Waals surface area contributed by atoms with Gasteiger partial charge in [-0.3, -0.25) is 4.90 Å². The predicted octanol–water partition coefficient (Wildman–Crippen LogP) is 2.15. The van der Waals surface area contributed by atoms with Crippen molar-refractivity contribution in [3.8, 4) is 0 Å². The van der Waals surface area contributed by atoms with Crippen molar-refractivity contribution in [1.29, 1.82) is 0 Å². The van der Waals surface area contributed by atoms with Crippen molar-refractivity contribution < 1.29 is 4.74 Å². The Morgan fingerprint density at radius 1 is 1.33 bits per heavy atom. The lowest BCUT2D eigenvalue weighted by molar-refractivity contribution is 0.0342. The summed E-state index contributed by atoms with van der Waals surface area (Å²) < 4.78 is 5.32. The zero-order chi connectivity index (χ0) is 10.5. The average Bonchev–Trinajstić information content (AvgIpc) is 2.31. The lowest BCUT2D eigenvalue weighted by atomic mass is 10.2. The summed E-state index contributed by atoms with van der Waals surface area (Å²) in [4.78, 5) is 2.41. The predicted molar refractivity (Wildman–Crippen MR) is 61.5 cm³/mol. The molecule has 0 amide bonds. The van der Waals surface area contributed by atoms with Gasteiger partial charge in [0.1, 0.15) is 0 Å². The highest BCUT2D eigenvalue weighted by molar-refractivity contribution is 5.49. The fourth-order valence-electron chi connectivity index (χ4n) is 1.81. The van der Waals surface area contributed by atoms with E-state index in [1.54, 1.807) is 0 Å². The van der Waals surface area contributed by atoms with Gasteiger partial charge in [-0.05, 0) is 5.56 Å². The van der Waals surface area contributed by atoms with Crippen molar-refractivity contribution in [2.24, 2.45) is 0 Å². The standard InChI is InChI=1S/C12H17N2O/c1-13-12-4-2-3-11(9-12)10-14-5-7-15-8-6-14/h2-4,9H,5-8,10H2,1H3/q-1. The molecular formula is C12H17N2O-. The fourth-order valence-corrected chi connectivity index (χ4v) is 1.81. The Labute approximate surface area is 91.0 Å². The Balaban J connectivity index is 1.96. The van der Waals surface area contributed by atoms with Gasteiger partial charge in [0.05, 0.1) is 13.2 Å². The summed E-state index contributed by atoms with van der Waals surface area (Å²) in [5, 5.41) is 4.18. The van der Waals surface area contributed by atoms with E-state index >= 15 is 0 Å². The minimum Gasteiger partial charge on any atom is -0.687 e. The molecule has 0 aliphatic carbocycles. The molecule has 0 radical (unpaired) electrons. The normalized spacial score (nSPS) is 17.7. The third kappa shape index (κ3) is 2.94. The monoisotopic (exact) mass is 205 g/mol. The molecule has 82 valence electrons. The van der Waals surface area contributed by atoms with Crippen LogP contribution in [0, 0.1) is 0 Å². The Morgan fingerprint density at radius 2 is 2.13 bits per heavy atom. The van der Waals surface area contributed by atoms with Crippen LogP contribution in [0.3, 0.4) is 0 Å². The molecule has 3 heteroatoms. The number of hydrogen-bond donors (Lipinski definition) is 0. The summed E-state index contributed by atoms with van der Waals surface area (Å²) >= 11 is 0. The fraction of sp³-hybridized carbons (Fsp3) is 0.500. The van der Waals surface area contributed by atoms with E-state index in [1.165, 1.54) is 5.56 Å². The molecule has 0 saturated carbocycles. The highest BCUT2D eigenvalue weighted by atomic mass is 16.5. The Hall–Kier alpha value is -1.06. The summed E-state index contributed by atoms with van der Waals surface area (Å²) in [6, 6.07) is 8.40. The molecule has 1 aromatic carbocycles. The average molecular weight is 205 g/mol. The first kappa shape index (κ1) is 10.5. The van der Waals surface area contributed by atoms with Gasteiger partial charge in [0, 0.05) is 19.6 Å². The van der Waals surface area contributed by atoms with Gasteiger partial charge in [0.15, 0.2) is 0 Å². The maximum Gasteiger partial charge on any atom is 0.0594 e. The van der Waals surface area contributed by atoms with Crippen molar-refractivity contribution in [3.63, 3.8) is 0 Å². The van der Waals surface area contributed by atoms with Crippen LogP contribution < -0.4 is 0 Å². The number of ether oxygens (including phenoxy) is 1. The highest BCUT2D eigenvalue weighted by Gasteiger charge is 2.09. The van der Waals surface area contributed by atoms with E-state index in [9.17, 15) is 0 Å². The van der Waals surface area contributed by atoms with Crippen LogP contribution >= 0.6 is 0 Å². The molecule has 0 bridgehead atoms. The zero-order valence-corrected chi connectivity index (χ0v) is 9.15. The molecule has 0 aromatic heterocycles. The lowest BCUT2D eigenvalue weighted by Crippen LogP contribution is -2.35. The number of hydrogen-bond acceptors (Lipinski definition) is 2. The molecule has 1 aromatic rings. The van der Waals surface area contributed by atoms with Gasteiger partial charge in [0.2, 0.25) is 0 Å². The zero-order valence-electron chi connectivity index (χ0n) is 9.15. The van der Waals surface area contributed by atoms with Crippen molar-refractivity contribution in [3.05, 3.63) is 35.1 Å². The molecule has 1 saturated heterocycles. The Bertz CT molecular complexity index is 308. The summed E-state index contributed by atoms with van der Waals surface area (Å²) in [7, 11) is 1.83. The number of morpholine rings is 1. The van der Waals surface area contributed by atoms with E-state index in [4.69, 9.17) is 4.74 Å². The molecule has 1 heterocycles. The second-order valence-electron chi connectivity index (χ2n) is 3.78. The van der Waals surface area contributed by atoms with E-state index in [1.807, 2.05) is 13.1 Å². The van der Waals surface area contributed by atoms with Gasteiger partial charge in [0.25, 0.3) is 0 Å². The molecule has 0 spiro atoms. The van der Waals surface area contributed by atoms with Crippen molar-refractivity contribution >= 4 is 5.69 Å². The van der Waals surface area contributed by atoms with E-state index < -0.39 is 0 Å². The van der Waals surface area contributed by atoms with Gasteiger partial charge in [-0.1, -0.05) is 24.3 Å². The van der Waals surface area contributed by atoms with E-state index in [2.05, 4.69) is 28.4 Å². The second kappa shape index (κ2) is 5.14. The minimum atomic E-state index is 0.859. The minimum absolute atomic E-state index is 0.859. The maximum atomic E-state index is 5.32. The first-order chi connectivity index (χ1) is 7.38. The number of nitrogens with zero attached hydrogens (tertiary/aromatic N) is 2. The molecule has 1 fully saturated rings. The SMILES string of the molecule is C[N-]c1cccc(CN2CCOCC2)c1. The van der Waals surface area contributed by atoms with E-state index in [-0.39, 0.29) is 0 Å². The Kier molecular flexibility index (Phi) is 3.59. The van der Waals surface area contributed by atoms with E-state index in [0.29, 0.717) is 0 Å². The first-order valence-electron chi connectivity index (χ1n) is 5.37. The third-order valence-corrected chi connectivity index (χ3v) is 2.68. The maximum absolute atomic E-state index is 5.32. The molecule has 1 aliphatic rings. The van der Waals surface area contributed by atoms with Crippen LogP contribution in [-0.4, -0.2) is 38.3 Å². The Morgan fingerprint density at radius 3 is 2.87 bits per heavy atom. The largest absolute Gasteiger partial charge is 0.687 e. The highest BCUT2D eigenvalue weighted by Crippen LogP contribution is 2.18. The van der Waals surface area contributed by atoms with Crippen LogP contribution in [0.15, 0.2) is 24.3 Å². The molecule has 0 N–H and O–H groups in total. The molecule has 1 aliphatic heterocycles. The summed E-state index contributed by atoms with van der Waals surface area (Å²) in [5.74, 6) is 0. The topological polar surface area (TPSA) is 26.6 Å². The smallest absolute Gasteiger partial charge is 0.0594 e. The van der Waals surface area contributed by atoms with Crippen molar-refractivity contribution in [2.75, 3.05) is 33.4 Å². The lowest BCUT2D eigenvalue weighted by Gasteiger charge is -2.27. The molecule has 3 nitrogen and oxygen atoms in total. The quantitative estimate of drug-likeness (QED) is 0.756. The van der Waals surface area contributed by atoms with Gasteiger partial charge >= 0.3 is 0 Å². The first-order valence-corrected chi connectivity index (χ1v) is 5.37. The summed E-state index contributed by atoms with van der Waals surface area (Å²) in [6.45, 7) is 4.80. The van der Waals surface area contributed by atoms with Crippen LogP contribution in [-0.2, 0) is 11.3 Å². The van der Waals surface area contributed by atoms with Crippen LogP contribution in [0.1, 0.15) is 5.56 Å². The third-order valence-electron chi connectivity index (χ3n) is 2.68. The molecule has 15 heavy (non-hydrogen) atoms. The van der Waals surface area contributed by atoms with Gasteiger partial charge in [-0.15, -0.1) is 12.7 Å². The summed E-state index contributed by atoms with van der Waals surface area (Å²) in [5.41, 5.74) is 2.39. The number of rotatable bonds is 3. The molecular weight excluding hydrogens is 188 g/mol. The van der Waals surface area contributed by atoms with Crippen LogP contribution in [0.4, 0.5) is 5.69 Å². The molecule has 2 rings (SSSR count). The van der Waals surface area contributed by atoms with Crippen molar-refractivity contribution in [1.82, 2.24) is 4.90 Å². The number of benzene rings is 1. The second-order valence-corrected chi connectivity index (χ2v) is 3.78. The van der Waals surface area contributed by atoms with Crippen LogP contribution in [0.5, 0.6) is 0 Å². The molecule has 0 unspecified atom stereocenters. The summed E-state index contributed by atoms with van der Waals surface area (Å²) in [6.07, 6.45) is 0. The van der Waals surface area contributed by atoms with E-state index in [0.717, 1.165) is 38.5 Å².